The van der Waals surface area contributed by atoms with Crippen molar-refractivity contribution in [1.29, 1.82) is 0 Å². The number of carbonyl (C=O) groups is 1. The minimum atomic E-state index is -0.308. The Balaban J connectivity index is 1.70. The van der Waals surface area contributed by atoms with Gasteiger partial charge in [-0.15, -0.1) is 0 Å². The molecule has 3 rings (SSSR count). The Labute approximate surface area is 109 Å². The summed E-state index contributed by atoms with van der Waals surface area (Å²) in [6, 6.07) is 6.06. The highest BCUT2D eigenvalue weighted by molar-refractivity contribution is 5.98. The molecule has 0 unspecified atom stereocenters. The third kappa shape index (κ3) is 2.61. The highest BCUT2D eigenvalue weighted by atomic mass is 19.1. The molecular weight excluding hydrogens is 247 g/mol. The van der Waals surface area contributed by atoms with Crippen molar-refractivity contribution in [3.63, 3.8) is 0 Å². The van der Waals surface area contributed by atoms with E-state index in [-0.39, 0.29) is 17.8 Å². The maximum atomic E-state index is 13.1. The molecule has 1 atom stereocenters. The number of rotatable bonds is 3. The van der Waals surface area contributed by atoms with E-state index in [1.807, 2.05) is 0 Å². The molecule has 19 heavy (non-hydrogen) atoms. The Morgan fingerprint density at radius 1 is 1.47 bits per heavy atom. The predicted octanol–water partition coefficient (Wildman–Crippen LogP) is 2.22. The lowest BCUT2D eigenvalue weighted by Gasteiger charge is -2.09. The number of fused-ring (bicyclic) bond motifs is 1. The van der Waals surface area contributed by atoms with Crippen molar-refractivity contribution in [2.45, 2.75) is 18.9 Å². The molecule has 0 aliphatic carbocycles. The van der Waals surface area contributed by atoms with E-state index in [0.29, 0.717) is 17.6 Å². The summed E-state index contributed by atoms with van der Waals surface area (Å²) in [4.78, 5) is 14.9. The maximum Gasteiger partial charge on any atom is 0.267 e. The van der Waals surface area contributed by atoms with Crippen LogP contribution in [0.5, 0.6) is 0 Å². The molecule has 1 saturated heterocycles. The van der Waals surface area contributed by atoms with Crippen LogP contribution in [0.2, 0.25) is 0 Å². The second kappa shape index (κ2) is 5.01. The van der Waals surface area contributed by atoms with Crippen LogP contribution in [0.1, 0.15) is 23.3 Å². The minimum Gasteiger partial charge on any atom is -0.376 e. The Kier molecular flexibility index (Phi) is 3.21. The summed E-state index contributed by atoms with van der Waals surface area (Å²) in [5, 5.41) is 3.52. The van der Waals surface area contributed by atoms with Crippen molar-refractivity contribution < 1.29 is 13.9 Å². The molecule has 5 heteroatoms. The van der Waals surface area contributed by atoms with Gasteiger partial charge >= 0.3 is 0 Å². The van der Waals surface area contributed by atoms with Crippen molar-refractivity contribution >= 4 is 16.8 Å². The van der Waals surface area contributed by atoms with E-state index in [4.69, 9.17) is 4.74 Å². The minimum absolute atomic E-state index is 0.116. The highest BCUT2D eigenvalue weighted by Crippen LogP contribution is 2.17. The van der Waals surface area contributed by atoms with Gasteiger partial charge in [0, 0.05) is 24.1 Å². The standard InChI is InChI=1S/C14H15FN2O2/c15-10-3-4-12-9(6-10)7-13(17-12)14(18)16-8-11-2-1-5-19-11/h3-4,6-7,11,17H,1-2,5,8H2,(H,16,18)/t11-/m1/s1. The first kappa shape index (κ1) is 12.2. The van der Waals surface area contributed by atoms with Gasteiger partial charge in [-0.05, 0) is 37.1 Å². The number of carbonyl (C=O) groups excluding carboxylic acids is 1. The Morgan fingerprint density at radius 3 is 3.16 bits per heavy atom. The fraction of sp³-hybridized carbons (Fsp3) is 0.357. The summed E-state index contributed by atoms with van der Waals surface area (Å²) >= 11 is 0. The number of hydrogen-bond donors (Lipinski definition) is 2. The second-order valence-electron chi connectivity index (χ2n) is 4.76. The van der Waals surface area contributed by atoms with Gasteiger partial charge in [-0.1, -0.05) is 0 Å². The van der Waals surface area contributed by atoms with Gasteiger partial charge in [-0.25, -0.2) is 4.39 Å². The van der Waals surface area contributed by atoms with Gasteiger partial charge in [0.15, 0.2) is 0 Å². The first-order valence-electron chi connectivity index (χ1n) is 6.40. The lowest BCUT2D eigenvalue weighted by Crippen LogP contribution is -2.31. The fourth-order valence-corrected chi connectivity index (χ4v) is 2.33. The van der Waals surface area contributed by atoms with Crippen molar-refractivity contribution in [2.75, 3.05) is 13.2 Å². The van der Waals surface area contributed by atoms with Gasteiger partial charge in [0.2, 0.25) is 0 Å². The number of nitrogens with one attached hydrogen (secondary N) is 2. The molecule has 1 fully saturated rings. The molecule has 2 heterocycles. The summed E-state index contributed by atoms with van der Waals surface area (Å²) in [6.45, 7) is 1.29. The molecule has 2 aromatic rings. The quantitative estimate of drug-likeness (QED) is 0.891. The first-order chi connectivity index (χ1) is 9.22. The average Bonchev–Trinajstić information content (AvgIpc) is 3.04. The van der Waals surface area contributed by atoms with Gasteiger partial charge in [0.05, 0.1) is 6.10 Å². The van der Waals surface area contributed by atoms with Gasteiger partial charge < -0.3 is 15.0 Å². The second-order valence-corrected chi connectivity index (χ2v) is 4.76. The van der Waals surface area contributed by atoms with E-state index in [0.717, 1.165) is 25.0 Å². The van der Waals surface area contributed by atoms with Crippen molar-refractivity contribution in [3.05, 3.63) is 35.8 Å². The van der Waals surface area contributed by atoms with E-state index in [1.165, 1.54) is 12.1 Å². The van der Waals surface area contributed by atoms with Crippen molar-refractivity contribution in [1.82, 2.24) is 10.3 Å². The molecule has 0 bridgehead atoms. The third-order valence-corrected chi connectivity index (χ3v) is 3.34. The number of ether oxygens (including phenoxy) is 1. The molecule has 1 aromatic heterocycles. The van der Waals surface area contributed by atoms with E-state index in [2.05, 4.69) is 10.3 Å². The molecule has 1 aliphatic rings. The molecule has 0 spiro atoms. The van der Waals surface area contributed by atoms with E-state index in [9.17, 15) is 9.18 Å². The van der Waals surface area contributed by atoms with E-state index >= 15 is 0 Å². The van der Waals surface area contributed by atoms with Crippen LogP contribution in [0.25, 0.3) is 10.9 Å². The third-order valence-electron chi connectivity index (χ3n) is 3.34. The van der Waals surface area contributed by atoms with Gasteiger partial charge in [-0.2, -0.15) is 0 Å². The average molecular weight is 262 g/mol. The monoisotopic (exact) mass is 262 g/mol. The SMILES string of the molecule is O=C(NC[C@H]1CCCO1)c1cc2cc(F)ccc2[nH]1. The van der Waals surface area contributed by atoms with Crippen LogP contribution >= 0.6 is 0 Å². The van der Waals surface area contributed by atoms with Gasteiger partial charge in [0.25, 0.3) is 5.91 Å². The van der Waals surface area contributed by atoms with E-state index in [1.54, 1.807) is 12.1 Å². The Bertz CT molecular complexity index is 603. The zero-order chi connectivity index (χ0) is 13.2. The normalized spacial score (nSPS) is 18.9. The summed E-state index contributed by atoms with van der Waals surface area (Å²) < 4.78 is 18.5. The topological polar surface area (TPSA) is 54.1 Å². The Hall–Kier alpha value is -1.88. The summed E-state index contributed by atoms with van der Waals surface area (Å²) in [6.07, 6.45) is 2.15. The van der Waals surface area contributed by atoms with Crippen LogP contribution in [0, 0.1) is 5.82 Å². The lowest BCUT2D eigenvalue weighted by atomic mass is 10.2. The van der Waals surface area contributed by atoms with Crippen molar-refractivity contribution in [3.8, 4) is 0 Å². The molecule has 2 N–H and O–H groups in total. The largest absolute Gasteiger partial charge is 0.376 e. The van der Waals surface area contributed by atoms with Crippen LogP contribution in [0.15, 0.2) is 24.3 Å². The van der Waals surface area contributed by atoms with Crippen molar-refractivity contribution in [2.24, 2.45) is 0 Å². The van der Waals surface area contributed by atoms with Crippen LogP contribution in [-0.4, -0.2) is 30.1 Å². The number of amides is 1. The number of H-pyrrole nitrogens is 1. The fourth-order valence-electron chi connectivity index (χ4n) is 2.33. The maximum absolute atomic E-state index is 13.1. The zero-order valence-electron chi connectivity index (χ0n) is 10.4. The molecular formula is C14H15FN2O2. The van der Waals surface area contributed by atoms with Crippen LogP contribution < -0.4 is 5.32 Å². The molecule has 4 nitrogen and oxygen atoms in total. The number of aromatic nitrogens is 1. The van der Waals surface area contributed by atoms with Gasteiger partial charge in [0.1, 0.15) is 11.5 Å². The predicted molar refractivity (Wildman–Crippen MR) is 69.6 cm³/mol. The van der Waals surface area contributed by atoms with Gasteiger partial charge in [-0.3, -0.25) is 4.79 Å². The van der Waals surface area contributed by atoms with Crippen LogP contribution in [0.3, 0.4) is 0 Å². The highest BCUT2D eigenvalue weighted by Gasteiger charge is 2.17. The molecule has 1 aliphatic heterocycles. The summed E-state index contributed by atoms with van der Waals surface area (Å²) in [7, 11) is 0. The Morgan fingerprint density at radius 2 is 2.37 bits per heavy atom. The summed E-state index contributed by atoms with van der Waals surface area (Å²) in [5.41, 5.74) is 1.20. The van der Waals surface area contributed by atoms with Crippen LogP contribution in [-0.2, 0) is 4.74 Å². The van der Waals surface area contributed by atoms with Crippen LogP contribution in [0.4, 0.5) is 4.39 Å². The first-order valence-corrected chi connectivity index (χ1v) is 6.40. The molecule has 0 radical (unpaired) electrons. The molecule has 0 saturated carbocycles. The van der Waals surface area contributed by atoms with E-state index < -0.39 is 0 Å². The molecule has 1 aromatic carbocycles. The number of hydrogen-bond acceptors (Lipinski definition) is 2. The molecule has 1 amide bonds. The smallest absolute Gasteiger partial charge is 0.267 e. The summed E-state index contributed by atoms with van der Waals surface area (Å²) in [5.74, 6) is -0.495. The number of aromatic amines is 1. The zero-order valence-corrected chi connectivity index (χ0v) is 10.4. The lowest BCUT2D eigenvalue weighted by molar-refractivity contribution is 0.0854. The number of benzene rings is 1. The number of halogens is 1. The molecule has 100 valence electrons.